The second-order valence-electron chi connectivity index (χ2n) is 4.95. The number of phenols is 1. The van der Waals surface area contributed by atoms with E-state index in [0.717, 1.165) is 27.1 Å². The zero-order valence-corrected chi connectivity index (χ0v) is 10.2. The van der Waals surface area contributed by atoms with Gasteiger partial charge in [-0.05, 0) is 51.8 Å². The zero-order chi connectivity index (χ0) is 13.0. The summed E-state index contributed by atoms with van der Waals surface area (Å²) in [7, 11) is 0. The van der Waals surface area contributed by atoms with Crippen LogP contribution in [0.25, 0.3) is 29.0 Å². The Morgan fingerprint density at radius 2 is 1.95 bits per heavy atom. The molecule has 2 aliphatic rings. The highest BCUT2D eigenvalue weighted by Gasteiger charge is 2.13. The van der Waals surface area contributed by atoms with E-state index in [1.807, 2.05) is 6.08 Å². The first-order chi connectivity index (χ1) is 9.24. The summed E-state index contributed by atoms with van der Waals surface area (Å²) in [6.07, 6.45) is 10.2. The number of phenolic OH excluding ortho intramolecular Hbond substituents is 1. The first-order valence-corrected chi connectivity index (χ1v) is 6.31. The maximum atomic E-state index is 10.2. The number of rotatable bonds is 0. The fraction of sp³-hybridized carbons (Fsp3) is 0.0588. The van der Waals surface area contributed by atoms with Gasteiger partial charge in [0.05, 0.1) is 0 Å². The Hall–Kier alpha value is -2.48. The van der Waals surface area contributed by atoms with Crippen molar-refractivity contribution in [2.75, 3.05) is 0 Å². The molecule has 2 aromatic rings. The van der Waals surface area contributed by atoms with Crippen LogP contribution < -0.4 is 10.4 Å². The van der Waals surface area contributed by atoms with Gasteiger partial charge in [0.1, 0.15) is 11.5 Å². The van der Waals surface area contributed by atoms with Crippen LogP contribution in [0, 0.1) is 0 Å². The van der Waals surface area contributed by atoms with Crippen LogP contribution in [0.3, 0.4) is 0 Å². The van der Waals surface area contributed by atoms with Gasteiger partial charge in [-0.15, -0.1) is 0 Å². The first kappa shape index (κ1) is 10.4. The molecule has 0 aliphatic heterocycles. The van der Waals surface area contributed by atoms with Crippen LogP contribution in [0.1, 0.15) is 11.1 Å². The summed E-state index contributed by atoms with van der Waals surface area (Å²) in [6.45, 7) is 0. The van der Waals surface area contributed by atoms with Crippen molar-refractivity contribution < 1.29 is 10.2 Å². The highest BCUT2D eigenvalue weighted by molar-refractivity contribution is 5.97. The number of aliphatic hydroxyl groups is 1. The van der Waals surface area contributed by atoms with Crippen LogP contribution >= 0.6 is 0 Å². The van der Waals surface area contributed by atoms with Gasteiger partial charge in [0.2, 0.25) is 0 Å². The molecule has 0 saturated heterocycles. The van der Waals surface area contributed by atoms with Crippen LogP contribution in [0.15, 0.2) is 36.1 Å². The van der Waals surface area contributed by atoms with Gasteiger partial charge in [0, 0.05) is 5.22 Å². The highest BCUT2D eigenvalue weighted by Crippen LogP contribution is 2.26. The van der Waals surface area contributed by atoms with E-state index in [-0.39, 0.29) is 11.5 Å². The number of benzene rings is 2. The van der Waals surface area contributed by atoms with E-state index in [1.54, 1.807) is 18.2 Å². The summed E-state index contributed by atoms with van der Waals surface area (Å²) < 4.78 is 0. The van der Waals surface area contributed by atoms with Gasteiger partial charge in [0.15, 0.2) is 0 Å². The third-order valence-corrected chi connectivity index (χ3v) is 3.87. The van der Waals surface area contributed by atoms with Crippen molar-refractivity contribution in [2.24, 2.45) is 0 Å². The number of aliphatic hydroxyl groups excluding tert-OH is 1. The molecule has 0 bridgehead atoms. The normalized spacial score (nSPS) is 15.5. The van der Waals surface area contributed by atoms with E-state index in [9.17, 15) is 10.2 Å². The average Bonchev–Trinajstić information content (AvgIpc) is 2.88. The van der Waals surface area contributed by atoms with Crippen molar-refractivity contribution in [1.82, 2.24) is 0 Å². The van der Waals surface area contributed by atoms with Crippen molar-refractivity contribution >= 4 is 29.0 Å². The number of hydrogen-bond acceptors (Lipinski definition) is 2. The van der Waals surface area contributed by atoms with Crippen LogP contribution in [-0.4, -0.2) is 10.2 Å². The topological polar surface area (TPSA) is 40.5 Å². The summed E-state index contributed by atoms with van der Waals surface area (Å²) in [6, 6.07) is 6.00. The minimum atomic E-state index is 0.219. The Morgan fingerprint density at radius 1 is 1.05 bits per heavy atom. The molecular weight excluding hydrogens is 236 g/mol. The summed E-state index contributed by atoms with van der Waals surface area (Å²) >= 11 is 0. The Morgan fingerprint density at radius 3 is 2.84 bits per heavy atom. The zero-order valence-electron chi connectivity index (χ0n) is 10.2. The maximum absolute atomic E-state index is 10.2. The minimum absolute atomic E-state index is 0.219. The fourth-order valence-corrected chi connectivity index (χ4v) is 2.96. The molecule has 0 unspecified atom stereocenters. The quantitative estimate of drug-likeness (QED) is 0.750. The molecule has 0 atom stereocenters. The van der Waals surface area contributed by atoms with Gasteiger partial charge < -0.3 is 10.2 Å². The minimum Gasteiger partial charge on any atom is -0.508 e. The molecule has 0 heterocycles. The van der Waals surface area contributed by atoms with Crippen LogP contribution in [0.2, 0.25) is 0 Å². The number of hydrogen-bond donors (Lipinski definition) is 2. The average molecular weight is 248 g/mol. The van der Waals surface area contributed by atoms with Gasteiger partial charge in [-0.1, -0.05) is 30.4 Å². The van der Waals surface area contributed by atoms with Crippen LogP contribution in [-0.2, 0) is 6.42 Å². The second-order valence-corrected chi connectivity index (χ2v) is 4.95. The molecule has 0 saturated carbocycles. The van der Waals surface area contributed by atoms with Crippen LogP contribution in [0.4, 0.5) is 0 Å². The number of aromatic hydroxyl groups is 1. The van der Waals surface area contributed by atoms with Crippen molar-refractivity contribution in [1.29, 1.82) is 0 Å². The van der Waals surface area contributed by atoms with E-state index < -0.39 is 0 Å². The highest BCUT2D eigenvalue weighted by atomic mass is 16.3. The second kappa shape index (κ2) is 3.51. The van der Waals surface area contributed by atoms with E-state index in [1.165, 1.54) is 5.22 Å². The van der Waals surface area contributed by atoms with Crippen molar-refractivity contribution in [3.8, 4) is 5.75 Å². The molecule has 2 aliphatic carbocycles. The Labute approximate surface area is 109 Å². The smallest absolute Gasteiger partial charge is 0.123 e. The molecular formula is C17H12O2. The molecule has 0 amide bonds. The lowest BCUT2D eigenvalue weighted by atomic mass is 9.93. The van der Waals surface area contributed by atoms with Gasteiger partial charge in [0.25, 0.3) is 0 Å². The van der Waals surface area contributed by atoms with Gasteiger partial charge >= 0.3 is 0 Å². The summed E-state index contributed by atoms with van der Waals surface area (Å²) in [5, 5.41) is 23.9. The lowest BCUT2D eigenvalue weighted by molar-refractivity contribution is 0.435. The first-order valence-electron chi connectivity index (χ1n) is 6.31. The molecule has 0 spiro atoms. The molecule has 92 valence electrons. The Balaban J connectivity index is 2.22. The molecule has 0 aromatic heterocycles. The summed E-state index contributed by atoms with van der Waals surface area (Å²) in [5.74, 6) is 0.451. The molecule has 2 aromatic carbocycles. The predicted molar refractivity (Wildman–Crippen MR) is 77.2 cm³/mol. The maximum Gasteiger partial charge on any atom is 0.123 e. The molecule has 0 fully saturated rings. The largest absolute Gasteiger partial charge is 0.508 e. The summed E-state index contributed by atoms with van der Waals surface area (Å²) in [4.78, 5) is 0. The van der Waals surface area contributed by atoms with Crippen LogP contribution in [0.5, 0.6) is 5.75 Å². The molecule has 0 radical (unpaired) electrons. The van der Waals surface area contributed by atoms with Gasteiger partial charge in [-0.2, -0.15) is 0 Å². The number of allylic oxidation sites excluding steroid dienone is 3. The molecule has 19 heavy (non-hydrogen) atoms. The van der Waals surface area contributed by atoms with Crippen molar-refractivity contribution in [3.63, 3.8) is 0 Å². The predicted octanol–water partition coefficient (Wildman–Crippen LogP) is 2.13. The third kappa shape index (κ3) is 1.37. The molecule has 2 nitrogen and oxygen atoms in total. The fourth-order valence-electron chi connectivity index (χ4n) is 2.96. The van der Waals surface area contributed by atoms with Crippen molar-refractivity contribution in [2.45, 2.75) is 6.42 Å². The Bertz CT molecular complexity index is 899. The SMILES string of the molecule is OC1=CCc2c(c(O)cc3c4c(ccc23)=CC=C4)=C1. The van der Waals surface area contributed by atoms with Crippen molar-refractivity contribution in [3.05, 3.63) is 57.7 Å². The Kier molecular flexibility index (Phi) is 1.93. The summed E-state index contributed by atoms with van der Waals surface area (Å²) in [5.41, 5.74) is 2.24. The van der Waals surface area contributed by atoms with E-state index in [4.69, 9.17) is 0 Å². The molecule has 2 N–H and O–H groups in total. The lowest BCUT2D eigenvalue weighted by Crippen LogP contribution is -2.15. The van der Waals surface area contributed by atoms with E-state index >= 15 is 0 Å². The third-order valence-electron chi connectivity index (χ3n) is 3.87. The molecule has 4 rings (SSSR count). The lowest BCUT2D eigenvalue weighted by Gasteiger charge is -2.13. The van der Waals surface area contributed by atoms with E-state index in [0.29, 0.717) is 6.42 Å². The number of fused-ring (bicyclic) bond motifs is 5. The van der Waals surface area contributed by atoms with Gasteiger partial charge in [-0.3, -0.25) is 0 Å². The monoisotopic (exact) mass is 248 g/mol. The molecule has 2 heteroatoms. The van der Waals surface area contributed by atoms with E-state index in [2.05, 4.69) is 24.3 Å². The van der Waals surface area contributed by atoms with Gasteiger partial charge in [-0.25, -0.2) is 0 Å². The standard InChI is InChI=1S/C17H12O2/c18-11-5-7-14-13-6-4-10-2-1-3-12(10)15(13)9-17(19)16(14)8-11/h1-6,8-9,18-19H,7H2.